The van der Waals surface area contributed by atoms with E-state index in [4.69, 9.17) is 0 Å². The second-order valence-corrected chi connectivity index (χ2v) is 3.04. The molecule has 0 heterocycles. The highest BCUT2D eigenvalue weighted by molar-refractivity contribution is 5.12. The third kappa shape index (κ3) is 1.36. The number of allylic oxidation sites excluding steroid dienone is 2. The van der Waals surface area contributed by atoms with Crippen LogP contribution in [0.3, 0.4) is 0 Å². The van der Waals surface area contributed by atoms with Crippen LogP contribution in [-0.2, 0) is 0 Å². The van der Waals surface area contributed by atoms with Crippen LogP contribution in [0.1, 0.15) is 20.3 Å². The highest BCUT2D eigenvalue weighted by Gasteiger charge is 2.25. The quantitative estimate of drug-likeness (QED) is 0.461. The van der Waals surface area contributed by atoms with Crippen molar-refractivity contribution in [2.75, 3.05) is 0 Å². The molecule has 2 heteroatoms. The molecular weight excluding hydrogens is 134 g/mol. The first-order chi connectivity index (χ1) is 4.61. The Morgan fingerprint density at radius 2 is 2.10 bits per heavy atom. The summed E-state index contributed by atoms with van der Waals surface area (Å²) in [7, 11) is 0. The monoisotopic (exact) mass is 146 g/mol. The van der Waals surface area contributed by atoms with Gasteiger partial charge in [0.15, 0.2) is 0 Å². The van der Waals surface area contributed by atoms with Crippen LogP contribution in [0.15, 0.2) is 11.6 Å². The van der Waals surface area contributed by atoms with Crippen LogP contribution in [-0.4, -0.2) is 12.3 Å². The largest absolute Gasteiger partial charge is 0.243 e. The van der Waals surface area contributed by atoms with Gasteiger partial charge in [-0.3, -0.25) is 0 Å². The predicted octanol–water partition coefficient (Wildman–Crippen LogP) is 2.65. The van der Waals surface area contributed by atoms with Gasteiger partial charge < -0.3 is 0 Å². The van der Waals surface area contributed by atoms with E-state index >= 15 is 0 Å². The fourth-order valence-corrected chi connectivity index (χ4v) is 1.16. The molecule has 58 valence electrons. The Bertz CT molecular complexity index is 151. The standard InChI is InChI=1S/C8H12F2/c1-5-3-8(10)6(2)4-7(5)9/h3,6-8H,4H2,1-2H3. The van der Waals surface area contributed by atoms with E-state index in [0.717, 1.165) is 0 Å². The molecule has 0 N–H and O–H groups in total. The smallest absolute Gasteiger partial charge is 0.121 e. The first kappa shape index (κ1) is 7.70. The summed E-state index contributed by atoms with van der Waals surface area (Å²) < 4.78 is 25.5. The Morgan fingerprint density at radius 3 is 2.60 bits per heavy atom. The maximum Gasteiger partial charge on any atom is 0.121 e. The lowest BCUT2D eigenvalue weighted by atomic mass is 9.89. The normalized spacial score (nSPS) is 41.2. The van der Waals surface area contributed by atoms with Crippen molar-refractivity contribution >= 4 is 0 Å². The number of halogens is 2. The van der Waals surface area contributed by atoms with E-state index < -0.39 is 12.3 Å². The Hall–Kier alpha value is -0.400. The molecule has 0 amide bonds. The van der Waals surface area contributed by atoms with Crippen LogP contribution < -0.4 is 0 Å². The van der Waals surface area contributed by atoms with Crippen LogP contribution in [0.4, 0.5) is 8.78 Å². The highest BCUT2D eigenvalue weighted by Crippen LogP contribution is 2.27. The summed E-state index contributed by atoms with van der Waals surface area (Å²) in [5.74, 6) is -0.154. The van der Waals surface area contributed by atoms with Crippen LogP contribution in [0.2, 0.25) is 0 Å². The lowest BCUT2D eigenvalue weighted by molar-refractivity contribution is 0.211. The molecule has 1 aliphatic carbocycles. The summed E-state index contributed by atoms with van der Waals surface area (Å²) in [5.41, 5.74) is 0.547. The van der Waals surface area contributed by atoms with Gasteiger partial charge in [-0.1, -0.05) is 6.92 Å². The maximum atomic E-state index is 12.8. The minimum absolute atomic E-state index is 0.154. The number of hydrogen-bond donors (Lipinski definition) is 0. The summed E-state index contributed by atoms with van der Waals surface area (Å²) in [6.45, 7) is 3.38. The maximum absolute atomic E-state index is 12.8. The van der Waals surface area contributed by atoms with Crippen molar-refractivity contribution in [1.29, 1.82) is 0 Å². The average Bonchev–Trinajstić information content (AvgIpc) is 1.84. The Balaban J connectivity index is 2.69. The molecule has 0 aromatic carbocycles. The van der Waals surface area contributed by atoms with E-state index in [-0.39, 0.29) is 5.92 Å². The van der Waals surface area contributed by atoms with Gasteiger partial charge in [0.25, 0.3) is 0 Å². The van der Waals surface area contributed by atoms with Crippen LogP contribution in [0.25, 0.3) is 0 Å². The molecule has 0 radical (unpaired) electrons. The summed E-state index contributed by atoms with van der Waals surface area (Å²) in [4.78, 5) is 0. The lowest BCUT2D eigenvalue weighted by Crippen LogP contribution is -2.22. The van der Waals surface area contributed by atoms with Crippen molar-refractivity contribution in [3.05, 3.63) is 11.6 Å². The lowest BCUT2D eigenvalue weighted by Gasteiger charge is -2.23. The molecule has 0 spiro atoms. The van der Waals surface area contributed by atoms with E-state index in [1.54, 1.807) is 13.8 Å². The molecule has 1 rings (SSSR count). The molecule has 0 saturated carbocycles. The Kier molecular flexibility index (Phi) is 2.07. The van der Waals surface area contributed by atoms with Gasteiger partial charge in [-0.05, 0) is 30.9 Å². The van der Waals surface area contributed by atoms with E-state index in [0.29, 0.717) is 12.0 Å². The van der Waals surface area contributed by atoms with Gasteiger partial charge >= 0.3 is 0 Å². The van der Waals surface area contributed by atoms with Gasteiger partial charge in [0.1, 0.15) is 12.3 Å². The number of alkyl halides is 2. The third-order valence-corrected chi connectivity index (χ3v) is 2.04. The van der Waals surface area contributed by atoms with Crippen molar-refractivity contribution in [1.82, 2.24) is 0 Å². The summed E-state index contributed by atoms with van der Waals surface area (Å²) in [5, 5.41) is 0. The van der Waals surface area contributed by atoms with Crippen molar-refractivity contribution in [3.63, 3.8) is 0 Å². The third-order valence-electron chi connectivity index (χ3n) is 2.04. The fraction of sp³-hybridized carbons (Fsp3) is 0.750. The van der Waals surface area contributed by atoms with Gasteiger partial charge in [0, 0.05) is 0 Å². The minimum atomic E-state index is -0.938. The van der Waals surface area contributed by atoms with Crippen LogP contribution >= 0.6 is 0 Å². The molecule has 3 unspecified atom stereocenters. The Labute approximate surface area is 59.9 Å². The molecule has 10 heavy (non-hydrogen) atoms. The second-order valence-electron chi connectivity index (χ2n) is 3.04. The van der Waals surface area contributed by atoms with Gasteiger partial charge in [0.05, 0.1) is 0 Å². The molecule has 0 aliphatic heterocycles. The van der Waals surface area contributed by atoms with Crippen molar-refractivity contribution in [3.8, 4) is 0 Å². The molecule has 0 fully saturated rings. The van der Waals surface area contributed by atoms with Crippen molar-refractivity contribution in [2.24, 2.45) is 5.92 Å². The molecule has 1 aliphatic rings. The minimum Gasteiger partial charge on any atom is -0.243 e. The predicted molar refractivity (Wildman–Crippen MR) is 37.3 cm³/mol. The van der Waals surface area contributed by atoms with Gasteiger partial charge in [-0.25, -0.2) is 8.78 Å². The highest BCUT2D eigenvalue weighted by atomic mass is 19.1. The van der Waals surface area contributed by atoms with E-state index in [1.165, 1.54) is 6.08 Å². The van der Waals surface area contributed by atoms with E-state index in [2.05, 4.69) is 0 Å². The summed E-state index contributed by atoms with van der Waals surface area (Å²) in [6.07, 6.45) is -0.128. The Morgan fingerprint density at radius 1 is 1.50 bits per heavy atom. The summed E-state index contributed by atoms with van der Waals surface area (Å²) >= 11 is 0. The fourth-order valence-electron chi connectivity index (χ4n) is 1.16. The van der Waals surface area contributed by atoms with Crippen molar-refractivity contribution < 1.29 is 8.78 Å². The molecule has 0 nitrogen and oxygen atoms in total. The summed E-state index contributed by atoms with van der Waals surface area (Å²) in [6, 6.07) is 0. The molecule has 3 atom stereocenters. The second kappa shape index (κ2) is 2.69. The van der Waals surface area contributed by atoms with Crippen molar-refractivity contribution in [2.45, 2.75) is 32.6 Å². The molecule has 0 aromatic rings. The molecule has 0 bridgehead atoms. The van der Waals surface area contributed by atoms with Crippen LogP contribution in [0.5, 0.6) is 0 Å². The number of hydrogen-bond acceptors (Lipinski definition) is 0. The van der Waals surface area contributed by atoms with Gasteiger partial charge in [-0.2, -0.15) is 0 Å². The first-order valence-corrected chi connectivity index (χ1v) is 3.57. The average molecular weight is 146 g/mol. The topological polar surface area (TPSA) is 0 Å². The zero-order valence-electron chi connectivity index (χ0n) is 6.27. The van der Waals surface area contributed by atoms with E-state index in [1.807, 2.05) is 0 Å². The zero-order valence-corrected chi connectivity index (χ0v) is 6.27. The molecule has 0 saturated heterocycles. The van der Waals surface area contributed by atoms with E-state index in [9.17, 15) is 8.78 Å². The van der Waals surface area contributed by atoms with Gasteiger partial charge in [0.2, 0.25) is 0 Å². The number of rotatable bonds is 0. The van der Waals surface area contributed by atoms with Crippen LogP contribution in [0, 0.1) is 5.92 Å². The first-order valence-electron chi connectivity index (χ1n) is 3.57. The molecular formula is C8H12F2. The van der Waals surface area contributed by atoms with Gasteiger partial charge in [-0.15, -0.1) is 0 Å². The SMILES string of the molecule is CC1=CC(F)C(C)CC1F. The zero-order chi connectivity index (χ0) is 7.72. The molecule has 0 aromatic heterocycles.